The first kappa shape index (κ1) is 15.3. The summed E-state index contributed by atoms with van der Waals surface area (Å²) in [4.78, 5) is 10.5. The number of nitro benzene ring substituents is 1. The van der Waals surface area contributed by atoms with Gasteiger partial charge in [-0.2, -0.15) is 0 Å². The number of nitrogens with zero attached hydrogens (tertiary/aromatic N) is 1. The molecule has 2 aromatic carbocycles. The predicted octanol–water partition coefficient (Wildman–Crippen LogP) is 3.85. The van der Waals surface area contributed by atoms with Gasteiger partial charge in [-0.3, -0.25) is 10.1 Å². The normalized spacial score (nSPS) is 12.0. The molecule has 2 rings (SSSR count). The zero-order chi connectivity index (χ0) is 15.4. The quantitative estimate of drug-likeness (QED) is 0.672. The molecule has 21 heavy (non-hydrogen) atoms. The molecule has 0 aliphatic rings. The van der Waals surface area contributed by atoms with Crippen molar-refractivity contribution in [2.45, 2.75) is 19.6 Å². The van der Waals surface area contributed by atoms with E-state index in [4.69, 9.17) is 22.1 Å². The fraction of sp³-hybridized carbons (Fsp3) is 0.200. The summed E-state index contributed by atoms with van der Waals surface area (Å²) in [7, 11) is 0. The summed E-state index contributed by atoms with van der Waals surface area (Å²) < 4.78 is 5.57. The van der Waals surface area contributed by atoms with Gasteiger partial charge in [0.05, 0.1) is 15.5 Å². The highest BCUT2D eigenvalue weighted by Gasteiger charge is 2.17. The molecule has 0 aliphatic heterocycles. The predicted molar refractivity (Wildman–Crippen MR) is 81.5 cm³/mol. The molecule has 0 unspecified atom stereocenters. The lowest BCUT2D eigenvalue weighted by Crippen LogP contribution is -2.05. The lowest BCUT2D eigenvalue weighted by molar-refractivity contribution is -0.385. The van der Waals surface area contributed by atoms with E-state index in [1.54, 1.807) is 24.3 Å². The third kappa shape index (κ3) is 3.71. The second-order valence-corrected chi connectivity index (χ2v) is 5.05. The molecule has 5 nitrogen and oxygen atoms in total. The fourth-order valence-electron chi connectivity index (χ4n) is 1.88. The second-order valence-electron chi connectivity index (χ2n) is 4.64. The second kappa shape index (κ2) is 6.56. The van der Waals surface area contributed by atoms with Crippen LogP contribution in [0.4, 0.5) is 5.69 Å². The van der Waals surface area contributed by atoms with Crippen molar-refractivity contribution in [3.8, 4) is 5.75 Å². The van der Waals surface area contributed by atoms with Crippen LogP contribution in [0.3, 0.4) is 0 Å². The Balaban J connectivity index is 2.15. The lowest BCUT2D eigenvalue weighted by Gasteiger charge is -2.10. The van der Waals surface area contributed by atoms with E-state index in [1.807, 2.05) is 19.1 Å². The molecule has 0 saturated heterocycles. The zero-order valence-electron chi connectivity index (χ0n) is 11.5. The summed E-state index contributed by atoms with van der Waals surface area (Å²) in [6, 6.07) is 11.8. The van der Waals surface area contributed by atoms with E-state index in [2.05, 4.69) is 0 Å². The van der Waals surface area contributed by atoms with Crippen molar-refractivity contribution in [2.24, 2.45) is 5.73 Å². The molecule has 6 heteroatoms. The molecule has 0 saturated carbocycles. The molecule has 0 radical (unpaired) electrons. The summed E-state index contributed by atoms with van der Waals surface area (Å²) in [5.74, 6) is 0.605. The van der Waals surface area contributed by atoms with Crippen LogP contribution in [-0.4, -0.2) is 4.92 Å². The van der Waals surface area contributed by atoms with Gasteiger partial charge in [0.2, 0.25) is 0 Å². The Morgan fingerprint density at radius 1 is 1.29 bits per heavy atom. The standard InChI is InChI=1S/C15H15ClN2O3/c1-10(17)11-5-7-12(8-6-11)21-9-13-14(16)3-2-4-15(13)18(19)20/h2-8,10H,9,17H2,1H3/t10-/m1/s1. The van der Waals surface area contributed by atoms with Gasteiger partial charge in [-0.1, -0.05) is 29.8 Å². The first-order valence-electron chi connectivity index (χ1n) is 6.39. The van der Waals surface area contributed by atoms with Crippen LogP contribution in [0.1, 0.15) is 24.1 Å². The number of nitro groups is 1. The molecule has 1 atom stereocenters. The molecule has 0 aromatic heterocycles. The number of nitrogens with two attached hydrogens (primary N) is 1. The van der Waals surface area contributed by atoms with Crippen molar-refractivity contribution < 1.29 is 9.66 Å². The number of hydrogen-bond donors (Lipinski definition) is 1. The topological polar surface area (TPSA) is 78.4 Å². The average Bonchev–Trinajstić information content (AvgIpc) is 2.46. The van der Waals surface area contributed by atoms with E-state index in [0.717, 1.165) is 5.56 Å². The van der Waals surface area contributed by atoms with Gasteiger partial charge in [0.1, 0.15) is 12.4 Å². The Morgan fingerprint density at radius 2 is 1.95 bits per heavy atom. The smallest absolute Gasteiger partial charge is 0.277 e. The minimum absolute atomic E-state index is 0.0352. The molecule has 2 N–H and O–H groups in total. The highest BCUT2D eigenvalue weighted by atomic mass is 35.5. The Morgan fingerprint density at radius 3 is 2.52 bits per heavy atom. The molecular formula is C15H15ClN2O3. The summed E-state index contributed by atoms with van der Waals surface area (Å²) in [5, 5.41) is 11.3. The minimum Gasteiger partial charge on any atom is -0.489 e. The monoisotopic (exact) mass is 306 g/mol. The fourth-order valence-corrected chi connectivity index (χ4v) is 2.11. The molecule has 0 aliphatic carbocycles. The van der Waals surface area contributed by atoms with Crippen LogP contribution in [0.5, 0.6) is 5.75 Å². The SMILES string of the molecule is C[C@@H](N)c1ccc(OCc2c(Cl)cccc2[N+](=O)[O-])cc1. The van der Waals surface area contributed by atoms with Crippen molar-refractivity contribution in [2.75, 3.05) is 0 Å². The third-order valence-electron chi connectivity index (χ3n) is 3.08. The maximum Gasteiger partial charge on any atom is 0.277 e. The summed E-state index contributed by atoms with van der Waals surface area (Å²) in [5.41, 5.74) is 7.08. The van der Waals surface area contributed by atoms with Crippen molar-refractivity contribution >= 4 is 17.3 Å². The largest absolute Gasteiger partial charge is 0.489 e. The molecule has 2 aromatic rings. The maximum absolute atomic E-state index is 11.0. The lowest BCUT2D eigenvalue weighted by atomic mass is 10.1. The van der Waals surface area contributed by atoms with E-state index < -0.39 is 4.92 Å². The van der Waals surface area contributed by atoms with Crippen LogP contribution in [0.2, 0.25) is 5.02 Å². The van der Waals surface area contributed by atoms with Crippen LogP contribution in [0, 0.1) is 10.1 Å². The molecule has 110 valence electrons. The van der Waals surface area contributed by atoms with Crippen molar-refractivity contribution in [3.05, 3.63) is 68.7 Å². The molecule has 0 amide bonds. The van der Waals surface area contributed by atoms with Gasteiger partial charge >= 0.3 is 0 Å². The maximum atomic E-state index is 11.0. The van der Waals surface area contributed by atoms with Crippen LogP contribution in [-0.2, 0) is 6.61 Å². The number of halogens is 1. The Bertz CT molecular complexity index is 642. The van der Waals surface area contributed by atoms with Crippen molar-refractivity contribution in [1.29, 1.82) is 0 Å². The number of ether oxygens (including phenoxy) is 1. The number of hydrogen-bond acceptors (Lipinski definition) is 4. The molecule has 0 heterocycles. The van der Waals surface area contributed by atoms with Crippen molar-refractivity contribution in [3.63, 3.8) is 0 Å². The highest BCUT2D eigenvalue weighted by molar-refractivity contribution is 6.31. The molecule has 0 fully saturated rings. The van der Waals surface area contributed by atoms with Crippen LogP contribution < -0.4 is 10.5 Å². The molecular weight excluding hydrogens is 292 g/mol. The summed E-state index contributed by atoms with van der Waals surface area (Å²) >= 11 is 6.01. The summed E-state index contributed by atoms with van der Waals surface area (Å²) in [6.45, 7) is 1.93. The molecule has 0 bridgehead atoms. The van der Waals surface area contributed by atoms with Gasteiger partial charge < -0.3 is 10.5 Å². The van der Waals surface area contributed by atoms with Crippen LogP contribution >= 0.6 is 11.6 Å². The Hall–Kier alpha value is -2.11. The summed E-state index contributed by atoms with van der Waals surface area (Å²) in [6.07, 6.45) is 0. The van der Waals surface area contributed by atoms with Crippen LogP contribution in [0.25, 0.3) is 0 Å². The Labute approximate surface area is 127 Å². The Kier molecular flexibility index (Phi) is 4.77. The van der Waals surface area contributed by atoms with Crippen LogP contribution in [0.15, 0.2) is 42.5 Å². The van der Waals surface area contributed by atoms with Gasteiger partial charge in [0.25, 0.3) is 5.69 Å². The average molecular weight is 307 g/mol. The number of benzene rings is 2. The van der Waals surface area contributed by atoms with E-state index in [1.165, 1.54) is 6.07 Å². The minimum atomic E-state index is -0.468. The highest BCUT2D eigenvalue weighted by Crippen LogP contribution is 2.27. The van der Waals surface area contributed by atoms with Gasteiger partial charge in [-0.15, -0.1) is 0 Å². The first-order chi connectivity index (χ1) is 9.99. The van der Waals surface area contributed by atoms with E-state index in [-0.39, 0.29) is 18.3 Å². The van der Waals surface area contributed by atoms with E-state index in [0.29, 0.717) is 16.3 Å². The van der Waals surface area contributed by atoms with Crippen molar-refractivity contribution in [1.82, 2.24) is 0 Å². The van der Waals surface area contributed by atoms with E-state index in [9.17, 15) is 10.1 Å². The third-order valence-corrected chi connectivity index (χ3v) is 3.43. The number of rotatable bonds is 5. The van der Waals surface area contributed by atoms with Gasteiger partial charge in [-0.25, -0.2) is 0 Å². The van der Waals surface area contributed by atoms with E-state index >= 15 is 0 Å². The van der Waals surface area contributed by atoms with Gasteiger partial charge in [-0.05, 0) is 30.7 Å². The first-order valence-corrected chi connectivity index (χ1v) is 6.77. The van der Waals surface area contributed by atoms with Gasteiger partial charge in [0, 0.05) is 12.1 Å². The zero-order valence-corrected chi connectivity index (χ0v) is 12.2. The van der Waals surface area contributed by atoms with Gasteiger partial charge in [0.15, 0.2) is 0 Å². The molecule has 0 spiro atoms.